The highest BCUT2D eigenvalue weighted by atomic mass is 32.1. The highest BCUT2D eigenvalue weighted by Crippen LogP contribution is 2.24. The topological polar surface area (TPSA) is 30.0 Å². The molecule has 0 radical (unpaired) electrons. The molecule has 0 unspecified atom stereocenters. The Morgan fingerprint density at radius 2 is 1.90 bits per heavy atom. The first-order valence-corrected chi connectivity index (χ1v) is 7.88. The van der Waals surface area contributed by atoms with Crippen LogP contribution in [0.1, 0.15) is 54.7 Å². The maximum Gasteiger partial charge on any atom is 0.162 e. The second-order valence-electron chi connectivity index (χ2n) is 6.02. The fraction of sp³-hybridized carbons (Fsp3) is 0.412. The predicted octanol–water partition coefficient (Wildman–Crippen LogP) is 4.65. The molecule has 2 rings (SSSR count). The molecule has 0 aliphatic heterocycles. The average Bonchev–Trinajstić information content (AvgIpc) is 2.88. The summed E-state index contributed by atoms with van der Waals surface area (Å²) in [4.78, 5) is 16.6. The van der Waals surface area contributed by atoms with Crippen LogP contribution in [-0.4, -0.2) is 10.8 Å². The van der Waals surface area contributed by atoms with Crippen molar-refractivity contribution in [2.24, 2.45) is 0 Å². The van der Waals surface area contributed by atoms with E-state index in [-0.39, 0.29) is 11.2 Å². The van der Waals surface area contributed by atoms with Gasteiger partial charge in [-0.05, 0) is 12.8 Å². The van der Waals surface area contributed by atoms with Crippen molar-refractivity contribution in [2.45, 2.75) is 45.4 Å². The van der Waals surface area contributed by atoms with Gasteiger partial charge in [-0.1, -0.05) is 51.1 Å². The van der Waals surface area contributed by atoms with Crippen molar-refractivity contribution in [2.75, 3.05) is 0 Å². The van der Waals surface area contributed by atoms with Crippen LogP contribution >= 0.6 is 11.3 Å². The maximum absolute atomic E-state index is 12.0. The van der Waals surface area contributed by atoms with E-state index in [4.69, 9.17) is 0 Å². The minimum Gasteiger partial charge on any atom is -0.294 e. The Morgan fingerprint density at radius 1 is 1.20 bits per heavy atom. The fourth-order valence-electron chi connectivity index (χ4n) is 1.94. The largest absolute Gasteiger partial charge is 0.294 e. The van der Waals surface area contributed by atoms with Crippen LogP contribution in [0.5, 0.6) is 0 Å². The first kappa shape index (κ1) is 14.9. The summed E-state index contributed by atoms with van der Waals surface area (Å²) < 4.78 is 0. The van der Waals surface area contributed by atoms with E-state index in [1.807, 2.05) is 30.3 Å². The summed E-state index contributed by atoms with van der Waals surface area (Å²) in [5.74, 6) is 0.221. The quantitative estimate of drug-likeness (QED) is 0.749. The normalized spacial score (nSPS) is 11.6. The number of rotatable bonds is 5. The lowest BCUT2D eigenvalue weighted by atomic mass is 9.93. The molecule has 0 aliphatic carbocycles. The van der Waals surface area contributed by atoms with E-state index >= 15 is 0 Å². The molecule has 3 heteroatoms. The van der Waals surface area contributed by atoms with Crippen molar-refractivity contribution < 1.29 is 4.79 Å². The van der Waals surface area contributed by atoms with E-state index in [1.165, 1.54) is 0 Å². The molecule has 20 heavy (non-hydrogen) atoms. The number of hydrogen-bond acceptors (Lipinski definition) is 3. The van der Waals surface area contributed by atoms with Crippen LogP contribution in [0.3, 0.4) is 0 Å². The molecule has 106 valence electrons. The molecule has 0 atom stereocenters. The van der Waals surface area contributed by atoms with Gasteiger partial charge in [0.2, 0.25) is 0 Å². The van der Waals surface area contributed by atoms with Crippen LogP contribution in [0.15, 0.2) is 35.7 Å². The number of carbonyl (C=O) groups excluding carboxylic acids is 1. The summed E-state index contributed by atoms with van der Waals surface area (Å²) in [7, 11) is 0. The van der Waals surface area contributed by atoms with E-state index in [0.29, 0.717) is 6.42 Å². The van der Waals surface area contributed by atoms with Crippen molar-refractivity contribution in [3.8, 4) is 0 Å². The van der Waals surface area contributed by atoms with Gasteiger partial charge in [0.15, 0.2) is 5.78 Å². The number of benzene rings is 1. The monoisotopic (exact) mass is 287 g/mol. The molecule has 1 aromatic heterocycles. The third kappa shape index (κ3) is 4.01. The van der Waals surface area contributed by atoms with E-state index in [1.54, 1.807) is 11.3 Å². The summed E-state index contributed by atoms with van der Waals surface area (Å²) in [6.07, 6.45) is 2.35. The molecule has 0 fully saturated rings. The molecule has 1 heterocycles. The Morgan fingerprint density at radius 3 is 2.50 bits per heavy atom. The Kier molecular flexibility index (Phi) is 4.71. The van der Waals surface area contributed by atoms with Gasteiger partial charge in [-0.15, -0.1) is 11.3 Å². The van der Waals surface area contributed by atoms with Gasteiger partial charge in [0.1, 0.15) is 0 Å². The van der Waals surface area contributed by atoms with Crippen molar-refractivity contribution in [1.29, 1.82) is 0 Å². The number of aromatic nitrogens is 1. The summed E-state index contributed by atoms with van der Waals surface area (Å²) in [5, 5.41) is 3.27. The predicted molar refractivity (Wildman–Crippen MR) is 84.5 cm³/mol. The molecular weight excluding hydrogens is 266 g/mol. The third-order valence-electron chi connectivity index (χ3n) is 3.21. The van der Waals surface area contributed by atoms with Crippen LogP contribution in [0.4, 0.5) is 0 Å². The molecular formula is C17H21NOS. The SMILES string of the molecule is CC(C)(C)c1csc(CCCC(=O)c2ccccc2)n1. The Bertz CT molecular complexity index is 566. The van der Waals surface area contributed by atoms with Crippen LogP contribution in [0.25, 0.3) is 0 Å². The van der Waals surface area contributed by atoms with E-state index < -0.39 is 0 Å². The fourth-order valence-corrected chi connectivity index (χ4v) is 3.01. The van der Waals surface area contributed by atoms with E-state index in [9.17, 15) is 4.79 Å². The van der Waals surface area contributed by atoms with Crippen molar-refractivity contribution >= 4 is 17.1 Å². The smallest absolute Gasteiger partial charge is 0.162 e. The standard InChI is InChI=1S/C17H21NOS/c1-17(2,3)15-12-20-16(18-15)11-7-10-14(19)13-8-5-4-6-9-13/h4-6,8-9,12H,7,10-11H2,1-3H3. The summed E-state index contributed by atoms with van der Waals surface area (Å²) >= 11 is 1.70. The summed E-state index contributed by atoms with van der Waals surface area (Å²) in [6.45, 7) is 6.51. The highest BCUT2D eigenvalue weighted by molar-refractivity contribution is 7.09. The van der Waals surface area contributed by atoms with Crippen molar-refractivity contribution in [1.82, 2.24) is 4.98 Å². The zero-order valence-corrected chi connectivity index (χ0v) is 13.2. The summed E-state index contributed by atoms with van der Waals surface area (Å²) in [5.41, 5.74) is 2.06. The van der Waals surface area contributed by atoms with Crippen LogP contribution in [0.2, 0.25) is 0 Å². The number of hydrogen-bond donors (Lipinski definition) is 0. The molecule has 2 aromatic rings. The Hall–Kier alpha value is -1.48. The molecule has 0 spiro atoms. The van der Waals surface area contributed by atoms with E-state index in [0.717, 1.165) is 29.1 Å². The molecule has 0 amide bonds. The first-order chi connectivity index (χ1) is 9.47. The molecule has 1 aromatic carbocycles. The van der Waals surface area contributed by atoms with Crippen LogP contribution in [0, 0.1) is 0 Å². The first-order valence-electron chi connectivity index (χ1n) is 7.00. The Balaban J connectivity index is 1.85. The molecule has 2 nitrogen and oxygen atoms in total. The van der Waals surface area contributed by atoms with E-state index in [2.05, 4.69) is 31.1 Å². The average molecular weight is 287 g/mol. The van der Waals surface area contributed by atoms with Gasteiger partial charge in [-0.2, -0.15) is 0 Å². The van der Waals surface area contributed by atoms with Crippen molar-refractivity contribution in [3.63, 3.8) is 0 Å². The number of aryl methyl sites for hydroxylation is 1. The Labute approximate surface area is 124 Å². The minimum atomic E-state index is 0.106. The third-order valence-corrected chi connectivity index (χ3v) is 4.12. The molecule has 0 saturated carbocycles. The van der Waals surface area contributed by atoms with Crippen LogP contribution < -0.4 is 0 Å². The second kappa shape index (κ2) is 6.31. The molecule has 0 N–H and O–H groups in total. The van der Waals surface area contributed by atoms with Gasteiger partial charge in [0, 0.05) is 22.8 Å². The summed E-state index contributed by atoms with van der Waals surface area (Å²) in [6, 6.07) is 9.50. The van der Waals surface area contributed by atoms with Gasteiger partial charge in [-0.25, -0.2) is 4.98 Å². The highest BCUT2D eigenvalue weighted by Gasteiger charge is 2.17. The zero-order valence-electron chi connectivity index (χ0n) is 12.3. The number of thiazole rings is 1. The molecule has 0 bridgehead atoms. The van der Waals surface area contributed by atoms with Gasteiger partial charge in [-0.3, -0.25) is 4.79 Å². The van der Waals surface area contributed by atoms with Gasteiger partial charge in [0.25, 0.3) is 0 Å². The van der Waals surface area contributed by atoms with Crippen molar-refractivity contribution in [3.05, 3.63) is 52.0 Å². The lowest BCUT2D eigenvalue weighted by Gasteiger charge is -2.14. The number of Topliss-reactive ketones (excluding diaryl/α,β-unsaturated/α-hetero) is 1. The number of ketones is 1. The molecule has 0 aliphatic rings. The van der Waals surface area contributed by atoms with Gasteiger partial charge >= 0.3 is 0 Å². The number of carbonyl (C=O) groups is 1. The molecule has 0 saturated heterocycles. The minimum absolute atomic E-state index is 0.106. The lowest BCUT2D eigenvalue weighted by molar-refractivity contribution is 0.0980. The van der Waals surface area contributed by atoms with Gasteiger partial charge in [0.05, 0.1) is 10.7 Å². The second-order valence-corrected chi connectivity index (χ2v) is 6.96. The lowest BCUT2D eigenvalue weighted by Crippen LogP contribution is -2.11. The zero-order chi connectivity index (χ0) is 14.6. The van der Waals surface area contributed by atoms with Crippen LogP contribution in [-0.2, 0) is 11.8 Å². The maximum atomic E-state index is 12.0. The van der Waals surface area contributed by atoms with Gasteiger partial charge < -0.3 is 0 Å². The number of nitrogens with zero attached hydrogens (tertiary/aromatic N) is 1.